The lowest BCUT2D eigenvalue weighted by atomic mass is 10.1. The minimum atomic E-state index is -0.185. The van der Waals surface area contributed by atoms with Crippen LogP contribution in [0.2, 0.25) is 10.0 Å². The zero-order chi connectivity index (χ0) is 20.8. The third-order valence-corrected chi connectivity index (χ3v) is 4.97. The number of aromatic nitrogens is 2. The second kappa shape index (κ2) is 9.63. The van der Waals surface area contributed by atoms with Crippen LogP contribution in [-0.2, 0) is 13.2 Å². The van der Waals surface area contributed by atoms with Crippen molar-refractivity contribution in [3.05, 3.63) is 81.6 Å². The SMILES string of the molecule is CCn1ccc(C(=O)/C=C/c2cccc(OC)c2OCc2ccc(Cl)c(Cl)c2)n1. The molecule has 3 rings (SSSR count). The number of allylic oxidation sites excluding steroid dienone is 1. The van der Waals surface area contributed by atoms with E-state index in [0.717, 1.165) is 5.56 Å². The standard InChI is InChI=1S/C22H20Cl2N2O3/c1-3-26-12-11-19(25-26)20(27)10-8-16-5-4-6-21(28-2)22(16)29-14-15-7-9-17(23)18(24)13-15/h4-13H,3,14H2,1-2H3/b10-8+. The lowest BCUT2D eigenvalue weighted by Crippen LogP contribution is -2.01. The van der Waals surface area contributed by atoms with Crippen LogP contribution >= 0.6 is 23.2 Å². The Morgan fingerprint density at radius 1 is 1.17 bits per heavy atom. The third kappa shape index (κ3) is 5.19. The number of benzene rings is 2. The maximum Gasteiger partial charge on any atom is 0.206 e. The van der Waals surface area contributed by atoms with Gasteiger partial charge < -0.3 is 9.47 Å². The van der Waals surface area contributed by atoms with Crippen LogP contribution in [0.25, 0.3) is 6.08 Å². The molecule has 0 N–H and O–H groups in total. The van der Waals surface area contributed by atoms with Gasteiger partial charge in [-0.2, -0.15) is 5.10 Å². The summed E-state index contributed by atoms with van der Waals surface area (Å²) < 4.78 is 13.1. The Labute approximate surface area is 179 Å². The van der Waals surface area contributed by atoms with Crippen molar-refractivity contribution in [2.24, 2.45) is 0 Å². The molecule has 0 aliphatic carbocycles. The second-order valence-corrected chi connectivity index (χ2v) is 6.98. The van der Waals surface area contributed by atoms with Crippen LogP contribution in [0.4, 0.5) is 0 Å². The molecule has 1 aromatic heterocycles. The molecule has 0 unspecified atom stereocenters. The highest BCUT2D eigenvalue weighted by Gasteiger charge is 2.11. The van der Waals surface area contributed by atoms with Crippen LogP contribution in [0.3, 0.4) is 0 Å². The fraction of sp³-hybridized carbons (Fsp3) is 0.182. The Bertz CT molecular complexity index is 1040. The summed E-state index contributed by atoms with van der Waals surface area (Å²) in [7, 11) is 1.57. The van der Waals surface area contributed by atoms with Gasteiger partial charge in [0.1, 0.15) is 12.3 Å². The zero-order valence-electron chi connectivity index (χ0n) is 16.1. The molecule has 0 bridgehead atoms. The van der Waals surface area contributed by atoms with Gasteiger partial charge in [0.2, 0.25) is 5.78 Å². The van der Waals surface area contributed by atoms with Crippen LogP contribution in [0.5, 0.6) is 11.5 Å². The van der Waals surface area contributed by atoms with E-state index in [1.165, 1.54) is 6.08 Å². The number of nitrogens with zero attached hydrogens (tertiary/aromatic N) is 2. The zero-order valence-corrected chi connectivity index (χ0v) is 17.6. The van der Waals surface area contributed by atoms with Gasteiger partial charge in [-0.05, 0) is 48.9 Å². The van der Waals surface area contributed by atoms with Gasteiger partial charge >= 0.3 is 0 Å². The molecule has 0 saturated carbocycles. The van der Waals surface area contributed by atoms with Crippen molar-refractivity contribution in [3.8, 4) is 11.5 Å². The summed E-state index contributed by atoms with van der Waals surface area (Å²) >= 11 is 12.0. The molecular formula is C22H20Cl2N2O3. The quantitative estimate of drug-likeness (QED) is 0.340. The molecule has 0 aliphatic rings. The number of rotatable bonds is 8. The largest absolute Gasteiger partial charge is 0.493 e. The molecule has 0 fully saturated rings. The highest BCUT2D eigenvalue weighted by atomic mass is 35.5. The van der Waals surface area contributed by atoms with Gasteiger partial charge in [-0.25, -0.2) is 0 Å². The molecule has 0 radical (unpaired) electrons. The number of hydrogen-bond donors (Lipinski definition) is 0. The third-order valence-electron chi connectivity index (χ3n) is 4.23. The van der Waals surface area contributed by atoms with E-state index < -0.39 is 0 Å². The number of para-hydroxylation sites is 1. The van der Waals surface area contributed by atoms with E-state index in [0.29, 0.717) is 39.3 Å². The molecule has 2 aromatic carbocycles. The molecular weight excluding hydrogens is 411 g/mol. The summed E-state index contributed by atoms with van der Waals surface area (Å²) in [6, 6.07) is 12.5. The maximum atomic E-state index is 12.4. The second-order valence-electron chi connectivity index (χ2n) is 6.17. The molecule has 0 aliphatic heterocycles. The topological polar surface area (TPSA) is 53.4 Å². The summed E-state index contributed by atoms with van der Waals surface area (Å²) in [5, 5.41) is 5.17. The number of methoxy groups -OCH3 is 1. The Balaban J connectivity index is 1.81. The number of ether oxygens (including phenoxy) is 2. The van der Waals surface area contributed by atoms with Crippen LogP contribution in [0.1, 0.15) is 28.5 Å². The lowest BCUT2D eigenvalue weighted by Gasteiger charge is -2.13. The molecule has 0 saturated heterocycles. The van der Waals surface area contributed by atoms with Crippen molar-refractivity contribution < 1.29 is 14.3 Å². The van der Waals surface area contributed by atoms with Gasteiger partial charge in [0.05, 0.1) is 17.2 Å². The predicted molar refractivity (Wildman–Crippen MR) is 115 cm³/mol. The van der Waals surface area contributed by atoms with Crippen molar-refractivity contribution >= 4 is 35.1 Å². The monoisotopic (exact) mass is 430 g/mol. The van der Waals surface area contributed by atoms with E-state index in [2.05, 4.69) is 5.10 Å². The smallest absolute Gasteiger partial charge is 0.206 e. The summed E-state index contributed by atoms with van der Waals surface area (Å²) in [5.74, 6) is 0.912. The summed E-state index contributed by atoms with van der Waals surface area (Å²) in [4.78, 5) is 12.4. The predicted octanol–water partition coefficient (Wildman–Crippen LogP) is 5.69. The minimum absolute atomic E-state index is 0.185. The molecule has 7 heteroatoms. The van der Waals surface area contributed by atoms with Crippen molar-refractivity contribution in [2.75, 3.05) is 7.11 Å². The van der Waals surface area contributed by atoms with Gasteiger partial charge in [-0.1, -0.05) is 41.4 Å². The molecule has 29 heavy (non-hydrogen) atoms. The van der Waals surface area contributed by atoms with E-state index in [1.54, 1.807) is 48.3 Å². The van der Waals surface area contributed by atoms with E-state index in [9.17, 15) is 4.79 Å². The molecule has 0 spiro atoms. The number of ketones is 1. The average Bonchev–Trinajstić information content (AvgIpc) is 3.22. The maximum absolute atomic E-state index is 12.4. The summed E-state index contributed by atoms with van der Waals surface area (Å²) in [6.45, 7) is 2.94. The van der Waals surface area contributed by atoms with Crippen molar-refractivity contribution in [3.63, 3.8) is 0 Å². The number of halogens is 2. The highest BCUT2D eigenvalue weighted by Crippen LogP contribution is 2.33. The Hall–Kier alpha value is -2.76. The Morgan fingerprint density at radius 3 is 2.69 bits per heavy atom. The van der Waals surface area contributed by atoms with Gasteiger partial charge in [-0.15, -0.1) is 0 Å². The van der Waals surface area contributed by atoms with E-state index in [4.69, 9.17) is 32.7 Å². The van der Waals surface area contributed by atoms with Crippen LogP contribution < -0.4 is 9.47 Å². The molecule has 3 aromatic rings. The molecule has 150 valence electrons. The van der Waals surface area contributed by atoms with Crippen LogP contribution in [0.15, 0.2) is 54.7 Å². The lowest BCUT2D eigenvalue weighted by molar-refractivity contribution is 0.104. The Kier molecular flexibility index (Phi) is 6.96. The first kappa shape index (κ1) is 21.0. The van der Waals surface area contributed by atoms with Crippen LogP contribution in [0, 0.1) is 0 Å². The first-order chi connectivity index (χ1) is 14.0. The fourth-order valence-corrected chi connectivity index (χ4v) is 3.00. The van der Waals surface area contributed by atoms with E-state index >= 15 is 0 Å². The van der Waals surface area contributed by atoms with Crippen molar-refractivity contribution in [2.45, 2.75) is 20.1 Å². The average molecular weight is 431 g/mol. The van der Waals surface area contributed by atoms with Gasteiger partial charge in [0, 0.05) is 18.3 Å². The summed E-state index contributed by atoms with van der Waals surface area (Å²) in [6.07, 6.45) is 4.95. The number of carbonyl (C=O) groups excluding carboxylic acids is 1. The molecule has 1 heterocycles. The fourth-order valence-electron chi connectivity index (χ4n) is 2.68. The van der Waals surface area contributed by atoms with Gasteiger partial charge in [0.15, 0.2) is 11.5 Å². The first-order valence-corrected chi connectivity index (χ1v) is 9.77. The molecule has 0 amide bonds. The highest BCUT2D eigenvalue weighted by molar-refractivity contribution is 6.42. The van der Waals surface area contributed by atoms with Crippen molar-refractivity contribution in [1.82, 2.24) is 9.78 Å². The normalized spacial score (nSPS) is 11.0. The Morgan fingerprint density at radius 2 is 2.00 bits per heavy atom. The van der Waals surface area contributed by atoms with Crippen LogP contribution in [-0.4, -0.2) is 22.7 Å². The number of hydrogen-bond acceptors (Lipinski definition) is 4. The van der Waals surface area contributed by atoms with Gasteiger partial charge in [-0.3, -0.25) is 9.48 Å². The van der Waals surface area contributed by atoms with E-state index in [-0.39, 0.29) is 12.4 Å². The van der Waals surface area contributed by atoms with Crippen molar-refractivity contribution in [1.29, 1.82) is 0 Å². The first-order valence-electron chi connectivity index (χ1n) is 9.01. The van der Waals surface area contributed by atoms with Gasteiger partial charge in [0.25, 0.3) is 0 Å². The molecule has 5 nitrogen and oxygen atoms in total. The minimum Gasteiger partial charge on any atom is -0.493 e. The molecule has 0 atom stereocenters. The number of aryl methyl sites for hydroxylation is 1. The number of carbonyl (C=O) groups is 1. The van der Waals surface area contributed by atoms with E-state index in [1.807, 2.05) is 25.1 Å². The summed E-state index contributed by atoms with van der Waals surface area (Å²) in [5.41, 5.74) is 1.97.